The third-order valence-electron chi connectivity index (χ3n) is 5.64. The maximum absolute atomic E-state index is 13.4. The number of ether oxygens (including phenoxy) is 3. The molecular formula is C24H25FN6O5S. The summed E-state index contributed by atoms with van der Waals surface area (Å²) >= 11 is 0. The van der Waals surface area contributed by atoms with Crippen LogP contribution < -0.4 is 14.2 Å². The first-order valence-electron chi connectivity index (χ1n) is 11.1. The van der Waals surface area contributed by atoms with Crippen molar-refractivity contribution in [2.75, 3.05) is 21.3 Å². The number of halogens is 1. The lowest BCUT2D eigenvalue weighted by Gasteiger charge is -2.18. The molecule has 0 saturated carbocycles. The normalized spacial score (nSPS) is 12.2. The van der Waals surface area contributed by atoms with Crippen LogP contribution in [0.2, 0.25) is 0 Å². The van der Waals surface area contributed by atoms with Crippen molar-refractivity contribution in [3.63, 3.8) is 0 Å². The molecule has 1 unspecified atom stereocenters. The van der Waals surface area contributed by atoms with Crippen LogP contribution in [0.1, 0.15) is 18.6 Å². The number of pyridine rings is 1. The van der Waals surface area contributed by atoms with E-state index in [1.54, 1.807) is 41.1 Å². The van der Waals surface area contributed by atoms with Gasteiger partial charge in [-0.3, -0.25) is 9.55 Å². The summed E-state index contributed by atoms with van der Waals surface area (Å²) in [6.07, 6.45) is 3.55. The molecule has 4 aromatic rings. The summed E-state index contributed by atoms with van der Waals surface area (Å²) in [6.45, 7) is 1.54. The molecule has 0 aliphatic heterocycles. The van der Waals surface area contributed by atoms with E-state index in [2.05, 4.69) is 25.1 Å². The Labute approximate surface area is 213 Å². The summed E-state index contributed by atoms with van der Waals surface area (Å²) in [5.41, 5.74) is 0.813. The highest BCUT2D eigenvalue weighted by molar-refractivity contribution is 7.91. The van der Waals surface area contributed by atoms with Gasteiger partial charge < -0.3 is 14.2 Å². The summed E-state index contributed by atoms with van der Waals surface area (Å²) in [6, 6.07) is 8.52. The van der Waals surface area contributed by atoms with Gasteiger partial charge in [-0.05, 0) is 25.1 Å². The lowest BCUT2D eigenvalue weighted by molar-refractivity contribution is 0.390. The lowest BCUT2D eigenvalue weighted by Crippen LogP contribution is -2.24. The van der Waals surface area contributed by atoms with Crippen LogP contribution in [0.3, 0.4) is 0 Å². The molecule has 3 heterocycles. The highest BCUT2D eigenvalue weighted by atomic mass is 32.2. The van der Waals surface area contributed by atoms with Crippen molar-refractivity contribution >= 4 is 9.84 Å². The third-order valence-corrected chi connectivity index (χ3v) is 7.69. The summed E-state index contributed by atoms with van der Waals surface area (Å²) in [4.78, 5) is 12.1. The molecule has 194 valence electrons. The highest BCUT2D eigenvalue weighted by Gasteiger charge is 2.29. The van der Waals surface area contributed by atoms with Crippen molar-refractivity contribution in [3.05, 3.63) is 66.4 Å². The van der Waals surface area contributed by atoms with Crippen LogP contribution in [0.15, 0.2) is 48.9 Å². The van der Waals surface area contributed by atoms with E-state index in [1.165, 1.54) is 28.3 Å². The second-order valence-corrected chi connectivity index (χ2v) is 10.4. The maximum atomic E-state index is 13.4. The van der Waals surface area contributed by atoms with Gasteiger partial charge in [-0.2, -0.15) is 0 Å². The number of methoxy groups -OCH3 is 3. The number of rotatable bonds is 10. The number of benzene rings is 1. The van der Waals surface area contributed by atoms with E-state index in [-0.39, 0.29) is 23.9 Å². The Morgan fingerprint density at radius 1 is 0.973 bits per heavy atom. The first-order chi connectivity index (χ1) is 17.8. The topological polar surface area (TPSA) is 131 Å². The fourth-order valence-corrected chi connectivity index (χ4v) is 4.91. The minimum atomic E-state index is -3.80. The number of sulfone groups is 1. The first kappa shape index (κ1) is 25.9. The maximum Gasteiger partial charge on any atom is 0.187 e. The van der Waals surface area contributed by atoms with Gasteiger partial charge in [0.2, 0.25) is 0 Å². The number of para-hydroxylation sites is 1. The minimum absolute atomic E-state index is 0.000966. The summed E-state index contributed by atoms with van der Waals surface area (Å²) in [5, 5.41) is 7.61. The highest BCUT2D eigenvalue weighted by Crippen LogP contribution is 2.36. The molecule has 0 N–H and O–H groups in total. The Morgan fingerprint density at radius 3 is 2.27 bits per heavy atom. The van der Waals surface area contributed by atoms with Crippen LogP contribution in [-0.4, -0.2) is 64.7 Å². The zero-order chi connectivity index (χ0) is 26.6. The minimum Gasteiger partial charge on any atom is -0.497 e. The molecule has 4 rings (SSSR count). The van der Waals surface area contributed by atoms with Gasteiger partial charge in [-0.1, -0.05) is 6.07 Å². The van der Waals surface area contributed by atoms with E-state index in [4.69, 9.17) is 14.2 Å². The monoisotopic (exact) mass is 528 g/mol. The molecule has 0 spiro atoms. The fraction of sp³-hybridized carbons (Fsp3) is 0.292. The van der Waals surface area contributed by atoms with Gasteiger partial charge in [0.1, 0.15) is 40.2 Å². The molecule has 1 aromatic carbocycles. The van der Waals surface area contributed by atoms with Crippen molar-refractivity contribution in [2.45, 2.75) is 24.3 Å². The quantitative estimate of drug-likeness (QED) is 0.303. The molecule has 0 aliphatic rings. The molecule has 37 heavy (non-hydrogen) atoms. The number of aromatic nitrogens is 6. The molecular weight excluding hydrogens is 503 g/mol. The van der Waals surface area contributed by atoms with Gasteiger partial charge in [0.05, 0.1) is 39.0 Å². The smallest absolute Gasteiger partial charge is 0.187 e. The second-order valence-electron chi connectivity index (χ2n) is 8.01. The van der Waals surface area contributed by atoms with Crippen LogP contribution in [0, 0.1) is 5.82 Å². The van der Waals surface area contributed by atoms with Gasteiger partial charge in [-0.25, -0.2) is 22.8 Å². The van der Waals surface area contributed by atoms with Crippen LogP contribution in [0.5, 0.6) is 17.2 Å². The predicted molar refractivity (Wildman–Crippen MR) is 132 cm³/mol. The molecule has 1 atom stereocenters. The molecule has 0 saturated heterocycles. The molecule has 3 aromatic heterocycles. The SMILES string of the molecule is COc1ccnc(-c2nnc(CS(=O)(=O)C(C)Cc3ncc(F)cn3)n2-c2c(OC)cccc2OC)c1. The first-order valence-corrected chi connectivity index (χ1v) is 12.8. The summed E-state index contributed by atoms with van der Waals surface area (Å²) in [5.74, 6) is 0.894. The predicted octanol–water partition coefficient (Wildman–Crippen LogP) is 2.83. The van der Waals surface area contributed by atoms with Crippen LogP contribution >= 0.6 is 0 Å². The fourth-order valence-electron chi connectivity index (χ4n) is 3.67. The Kier molecular flexibility index (Phi) is 7.62. The number of nitrogens with zero attached hydrogens (tertiary/aromatic N) is 6. The van der Waals surface area contributed by atoms with Crippen molar-refractivity contribution in [1.29, 1.82) is 0 Å². The molecule has 0 bridgehead atoms. The van der Waals surface area contributed by atoms with Crippen molar-refractivity contribution in [1.82, 2.24) is 29.7 Å². The Bertz CT molecular complexity index is 1470. The average Bonchev–Trinajstić information content (AvgIpc) is 3.31. The number of hydrogen-bond acceptors (Lipinski definition) is 10. The van der Waals surface area contributed by atoms with Gasteiger partial charge in [0.25, 0.3) is 0 Å². The second kappa shape index (κ2) is 10.9. The van der Waals surface area contributed by atoms with Gasteiger partial charge >= 0.3 is 0 Å². The molecule has 0 amide bonds. The van der Waals surface area contributed by atoms with E-state index in [1.807, 2.05) is 0 Å². The van der Waals surface area contributed by atoms with Gasteiger partial charge in [0.15, 0.2) is 27.3 Å². The molecule has 0 fully saturated rings. The van der Waals surface area contributed by atoms with Crippen molar-refractivity contribution in [2.24, 2.45) is 0 Å². The van der Waals surface area contributed by atoms with Gasteiger partial charge in [0, 0.05) is 18.7 Å². The molecule has 11 nitrogen and oxygen atoms in total. The molecule has 0 radical (unpaired) electrons. The zero-order valence-corrected chi connectivity index (χ0v) is 21.4. The molecule has 0 aliphatic carbocycles. The average molecular weight is 529 g/mol. The Morgan fingerprint density at radius 2 is 1.65 bits per heavy atom. The number of hydrogen-bond donors (Lipinski definition) is 0. The van der Waals surface area contributed by atoms with E-state index in [0.717, 1.165) is 12.4 Å². The van der Waals surface area contributed by atoms with Crippen molar-refractivity contribution < 1.29 is 27.0 Å². The van der Waals surface area contributed by atoms with Crippen LogP contribution in [0.25, 0.3) is 17.2 Å². The van der Waals surface area contributed by atoms with Gasteiger partial charge in [-0.15, -0.1) is 10.2 Å². The van der Waals surface area contributed by atoms with E-state index < -0.39 is 26.7 Å². The zero-order valence-electron chi connectivity index (χ0n) is 20.6. The van der Waals surface area contributed by atoms with E-state index >= 15 is 0 Å². The third kappa shape index (κ3) is 5.50. The molecule has 13 heteroatoms. The summed E-state index contributed by atoms with van der Waals surface area (Å²) < 4.78 is 58.0. The Hall–Kier alpha value is -4.13. The standard InChI is InChI=1S/C24H25FN6O5S/c1-15(10-21-27-12-16(25)13-28-21)37(32,33)14-22-29-30-24(18-11-17(34-2)8-9-26-18)31(22)23-19(35-3)6-5-7-20(23)36-4/h5-9,11-13,15H,10,14H2,1-4H3. The van der Waals surface area contributed by atoms with Crippen LogP contribution in [-0.2, 0) is 22.0 Å². The Balaban J connectivity index is 1.82. The van der Waals surface area contributed by atoms with E-state index in [0.29, 0.717) is 28.6 Å². The van der Waals surface area contributed by atoms with Crippen molar-refractivity contribution in [3.8, 4) is 34.5 Å². The summed E-state index contributed by atoms with van der Waals surface area (Å²) in [7, 11) is 0.715. The largest absolute Gasteiger partial charge is 0.497 e. The lowest BCUT2D eigenvalue weighted by atomic mass is 10.2. The van der Waals surface area contributed by atoms with E-state index in [9.17, 15) is 12.8 Å². The van der Waals surface area contributed by atoms with Crippen LogP contribution in [0.4, 0.5) is 4.39 Å².